The number of imidazole rings is 1. The lowest BCUT2D eigenvalue weighted by molar-refractivity contribution is -0.199. The molecule has 4 atom stereocenters. The number of halogens is 2. The Hall–Kier alpha value is -2.37. The van der Waals surface area contributed by atoms with Crippen molar-refractivity contribution in [3.63, 3.8) is 0 Å². The minimum absolute atomic E-state index is 0.0293. The first-order chi connectivity index (χ1) is 17.3. The Morgan fingerprint density at radius 2 is 1.94 bits per heavy atom. The Kier molecular flexibility index (Phi) is 4.95. The number of benzene rings is 1. The van der Waals surface area contributed by atoms with Gasteiger partial charge in [0, 0.05) is 12.0 Å². The topological polar surface area (TPSA) is 94.8 Å². The van der Waals surface area contributed by atoms with Crippen LogP contribution in [0, 0.1) is 5.82 Å². The Labute approximate surface area is 212 Å². The van der Waals surface area contributed by atoms with Gasteiger partial charge in [0.2, 0.25) is 5.28 Å². The predicted octanol–water partition coefficient (Wildman–Crippen LogP) is 3.99. The van der Waals surface area contributed by atoms with Gasteiger partial charge in [-0.15, -0.1) is 0 Å². The van der Waals surface area contributed by atoms with E-state index in [4.69, 9.17) is 25.8 Å². The largest absolute Gasteiger partial charge is 0.394 e. The second kappa shape index (κ2) is 7.82. The maximum absolute atomic E-state index is 15.3. The Morgan fingerprint density at radius 3 is 2.72 bits per heavy atom. The number of nitrogens with zero attached hydrogens (tertiary/aromatic N) is 5. The van der Waals surface area contributed by atoms with Gasteiger partial charge in [-0.05, 0) is 49.9 Å². The van der Waals surface area contributed by atoms with Gasteiger partial charge in [-0.1, -0.05) is 25.0 Å². The number of rotatable bonds is 3. The molecule has 5 heterocycles. The normalized spacial score (nSPS) is 30.0. The van der Waals surface area contributed by atoms with Crippen molar-refractivity contribution < 1.29 is 23.7 Å². The number of aromatic nitrogens is 4. The minimum Gasteiger partial charge on any atom is -0.394 e. The molecule has 3 aromatic rings. The number of para-hydroxylation sites is 1. The Balaban J connectivity index is 1.35. The first-order valence-electron chi connectivity index (χ1n) is 12.4. The molecule has 11 heteroatoms. The molecule has 1 spiro atoms. The molecule has 9 nitrogen and oxygen atoms in total. The summed E-state index contributed by atoms with van der Waals surface area (Å²) in [7, 11) is 0. The van der Waals surface area contributed by atoms with Crippen LogP contribution in [0.2, 0.25) is 5.28 Å². The zero-order valence-electron chi connectivity index (χ0n) is 20.0. The zero-order chi connectivity index (χ0) is 24.8. The molecule has 4 aliphatic rings. The van der Waals surface area contributed by atoms with E-state index in [1.165, 1.54) is 6.07 Å². The summed E-state index contributed by atoms with van der Waals surface area (Å²) in [5.74, 6) is -0.633. The van der Waals surface area contributed by atoms with Crippen LogP contribution in [0.25, 0.3) is 11.2 Å². The molecule has 1 aromatic carbocycles. The van der Waals surface area contributed by atoms with Crippen LogP contribution in [0.1, 0.15) is 51.3 Å². The lowest BCUT2D eigenvalue weighted by Gasteiger charge is -2.25. The number of aliphatic hydroxyl groups is 1. The van der Waals surface area contributed by atoms with Gasteiger partial charge in [-0.3, -0.25) is 4.57 Å². The maximum atomic E-state index is 15.3. The fraction of sp³-hybridized carbons (Fsp3) is 0.560. The van der Waals surface area contributed by atoms with Crippen LogP contribution in [0.3, 0.4) is 0 Å². The summed E-state index contributed by atoms with van der Waals surface area (Å²) < 4.78 is 35.3. The highest BCUT2D eigenvalue weighted by atomic mass is 35.5. The van der Waals surface area contributed by atoms with Gasteiger partial charge in [0.25, 0.3) is 0 Å². The molecule has 2 saturated heterocycles. The smallest absolute Gasteiger partial charge is 0.226 e. The lowest BCUT2D eigenvalue weighted by atomic mass is 9.81. The SMILES string of the molecule is CC1(C)O[C@@H]2[C@H](O1)[C@@H](CO)O[C@H]2n1cnc2c(N3CC4(CCCC4)c4cccc(F)c43)nc(Cl)nc21. The molecule has 0 amide bonds. The van der Waals surface area contributed by atoms with E-state index >= 15 is 4.39 Å². The molecule has 1 N–H and O–H groups in total. The van der Waals surface area contributed by atoms with Gasteiger partial charge in [0.1, 0.15) is 24.1 Å². The van der Waals surface area contributed by atoms with Crippen LogP contribution in [0.15, 0.2) is 24.5 Å². The van der Waals surface area contributed by atoms with Gasteiger partial charge in [0.05, 0.1) is 18.6 Å². The van der Waals surface area contributed by atoms with Crippen molar-refractivity contribution in [1.29, 1.82) is 0 Å². The third-order valence-electron chi connectivity index (χ3n) is 8.06. The van der Waals surface area contributed by atoms with Gasteiger partial charge < -0.3 is 24.2 Å². The fourth-order valence-corrected chi connectivity index (χ4v) is 6.78. The van der Waals surface area contributed by atoms with Crippen LogP contribution < -0.4 is 4.90 Å². The summed E-state index contributed by atoms with van der Waals surface area (Å²) in [6.45, 7) is 4.06. The quantitative estimate of drug-likeness (QED) is 0.523. The standard InChI is InChI=1S/C25H27ClFN5O4/c1-24(2)35-18-15(10-33)34-22(19(18)36-24)32-12-28-16-20(29-23(26)30-21(16)32)31-11-25(8-3-4-9-25)13-6-5-7-14(27)17(13)31/h5-7,12,15,18-19,22,33H,3-4,8-11H2,1-2H3/t15-,18-,19-,22-/m1/s1. The molecule has 190 valence electrons. The van der Waals surface area contributed by atoms with E-state index in [0.717, 1.165) is 31.2 Å². The Morgan fingerprint density at radius 1 is 1.17 bits per heavy atom. The Bertz CT molecular complexity index is 1360. The summed E-state index contributed by atoms with van der Waals surface area (Å²) in [6.07, 6.45) is 3.74. The first kappa shape index (κ1) is 22.8. The van der Waals surface area contributed by atoms with Gasteiger partial charge in [-0.2, -0.15) is 9.97 Å². The third-order valence-corrected chi connectivity index (χ3v) is 8.23. The summed E-state index contributed by atoms with van der Waals surface area (Å²) in [5, 5.41) is 9.92. The van der Waals surface area contributed by atoms with Crippen molar-refractivity contribution in [2.45, 2.75) is 75.3 Å². The number of anilines is 2. The highest BCUT2D eigenvalue weighted by Gasteiger charge is 2.56. The van der Waals surface area contributed by atoms with Crippen molar-refractivity contribution in [2.24, 2.45) is 0 Å². The van der Waals surface area contributed by atoms with Crippen LogP contribution >= 0.6 is 11.6 Å². The number of aliphatic hydroxyl groups excluding tert-OH is 1. The predicted molar refractivity (Wildman–Crippen MR) is 129 cm³/mol. The van der Waals surface area contributed by atoms with Crippen molar-refractivity contribution >= 4 is 34.3 Å². The highest BCUT2D eigenvalue weighted by molar-refractivity contribution is 6.28. The molecule has 0 radical (unpaired) electrons. The van der Waals surface area contributed by atoms with Gasteiger partial charge in [0.15, 0.2) is 29.0 Å². The van der Waals surface area contributed by atoms with E-state index in [1.807, 2.05) is 24.8 Å². The number of hydrogen-bond acceptors (Lipinski definition) is 8. The van der Waals surface area contributed by atoms with Crippen LogP contribution in [0.5, 0.6) is 0 Å². The first-order valence-corrected chi connectivity index (χ1v) is 12.8. The monoisotopic (exact) mass is 515 g/mol. The average molecular weight is 516 g/mol. The van der Waals surface area contributed by atoms with Crippen LogP contribution in [0.4, 0.5) is 15.9 Å². The fourth-order valence-electron chi connectivity index (χ4n) is 6.62. The average Bonchev–Trinajstić information content (AvgIpc) is 3.64. The van der Waals surface area contributed by atoms with Gasteiger partial charge in [-0.25, -0.2) is 9.37 Å². The molecule has 0 bridgehead atoms. The van der Waals surface area contributed by atoms with E-state index in [-0.39, 0.29) is 23.1 Å². The van der Waals surface area contributed by atoms with Crippen LogP contribution in [-0.2, 0) is 19.6 Å². The number of hydrogen-bond donors (Lipinski definition) is 1. The summed E-state index contributed by atoms with van der Waals surface area (Å²) >= 11 is 6.45. The van der Waals surface area contributed by atoms with Crippen molar-refractivity contribution in [2.75, 3.05) is 18.1 Å². The summed E-state index contributed by atoms with van der Waals surface area (Å²) in [6, 6.07) is 5.30. The van der Waals surface area contributed by atoms with Crippen molar-refractivity contribution in [3.8, 4) is 0 Å². The molecule has 0 unspecified atom stereocenters. The summed E-state index contributed by atoms with van der Waals surface area (Å²) in [5.41, 5.74) is 2.39. The molecule has 2 aromatic heterocycles. The van der Waals surface area contributed by atoms with E-state index in [9.17, 15) is 5.11 Å². The highest BCUT2D eigenvalue weighted by Crippen LogP contribution is 2.54. The second-order valence-corrected chi connectivity index (χ2v) is 11.0. The molecule has 7 rings (SSSR count). The number of fused-ring (bicyclic) bond motifs is 4. The van der Waals surface area contributed by atoms with Gasteiger partial charge >= 0.3 is 0 Å². The van der Waals surface area contributed by atoms with E-state index in [1.54, 1.807) is 17.0 Å². The van der Waals surface area contributed by atoms with Crippen LogP contribution in [-0.4, -0.2) is 61.9 Å². The molecule has 1 saturated carbocycles. The zero-order valence-corrected chi connectivity index (χ0v) is 20.8. The van der Waals surface area contributed by atoms with E-state index in [2.05, 4.69) is 15.0 Å². The number of ether oxygens (including phenoxy) is 3. The molecule has 1 aliphatic carbocycles. The molecule has 3 fully saturated rings. The lowest BCUT2D eigenvalue weighted by Crippen LogP contribution is -2.31. The van der Waals surface area contributed by atoms with Crippen molar-refractivity contribution in [1.82, 2.24) is 19.5 Å². The maximum Gasteiger partial charge on any atom is 0.226 e. The van der Waals surface area contributed by atoms with Crippen molar-refractivity contribution in [3.05, 3.63) is 41.2 Å². The van der Waals surface area contributed by atoms with E-state index < -0.39 is 30.3 Å². The molecule has 3 aliphatic heterocycles. The van der Waals surface area contributed by atoms with E-state index in [0.29, 0.717) is 29.2 Å². The third kappa shape index (κ3) is 3.18. The minimum atomic E-state index is -0.814. The molecular formula is C25H27ClFN5O4. The summed E-state index contributed by atoms with van der Waals surface area (Å²) in [4.78, 5) is 15.6. The molecule has 36 heavy (non-hydrogen) atoms. The second-order valence-electron chi connectivity index (χ2n) is 10.7. The molecular weight excluding hydrogens is 489 g/mol.